The van der Waals surface area contributed by atoms with E-state index in [1.807, 2.05) is 24.3 Å². The van der Waals surface area contributed by atoms with Gasteiger partial charge in [0, 0.05) is 56.6 Å². The Kier molecular flexibility index (Phi) is 6.12. The Bertz CT molecular complexity index is 1100. The summed E-state index contributed by atoms with van der Waals surface area (Å²) in [5, 5.41) is 7.09. The molecule has 3 aromatic rings. The van der Waals surface area contributed by atoms with Gasteiger partial charge in [-0.25, -0.2) is 4.98 Å². The zero-order chi connectivity index (χ0) is 21.9. The predicted molar refractivity (Wildman–Crippen MR) is 128 cm³/mol. The largest absolute Gasteiger partial charge is 0.493 e. The fraction of sp³-hybridized carbons (Fsp3) is 0.333. The highest BCUT2D eigenvalue weighted by Gasteiger charge is 2.15. The number of piperazine rings is 1. The van der Waals surface area contributed by atoms with E-state index in [-0.39, 0.29) is 0 Å². The van der Waals surface area contributed by atoms with Gasteiger partial charge in [0.15, 0.2) is 5.82 Å². The van der Waals surface area contributed by atoms with Crippen molar-refractivity contribution in [3.63, 3.8) is 0 Å². The Morgan fingerprint density at radius 1 is 1.03 bits per heavy atom. The van der Waals surface area contributed by atoms with Crippen LogP contribution in [0.2, 0.25) is 5.02 Å². The molecule has 0 amide bonds. The molecule has 0 spiro atoms. The molecule has 2 N–H and O–H groups in total. The number of rotatable bonds is 2. The van der Waals surface area contributed by atoms with Gasteiger partial charge in [-0.2, -0.15) is 4.98 Å². The van der Waals surface area contributed by atoms with E-state index in [1.54, 1.807) is 6.20 Å². The summed E-state index contributed by atoms with van der Waals surface area (Å²) in [5.41, 5.74) is 4.32. The van der Waals surface area contributed by atoms with Gasteiger partial charge in [-0.05, 0) is 42.4 Å². The van der Waals surface area contributed by atoms with Crippen LogP contribution in [0, 0.1) is 0 Å². The molecule has 8 heteroatoms. The lowest BCUT2D eigenvalue weighted by molar-refractivity contribution is 0.148. The van der Waals surface area contributed by atoms with Crippen LogP contribution in [0.4, 0.5) is 23.1 Å². The number of hydrogen-bond acceptors (Lipinski definition) is 7. The quantitative estimate of drug-likeness (QED) is 0.603. The van der Waals surface area contributed by atoms with Crippen molar-refractivity contribution in [2.45, 2.75) is 13.0 Å². The van der Waals surface area contributed by atoms with Gasteiger partial charge in [-0.15, -0.1) is 0 Å². The number of nitrogens with one attached hydrogen (secondary N) is 2. The van der Waals surface area contributed by atoms with Crippen molar-refractivity contribution in [1.82, 2.24) is 19.8 Å². The van der Waals surface area contributed by atoms with Gasteiger partial charge < -0.3 is 20.3 Å². The van der Waals surface area contributed by atoms with Crippen LogP contribution in [0.15, 0.2) is 48.7 Å². The highest BCUT2D eigenvalue weighted by Crippen LogP contribution is 2.28. The number of aromatic nitrogens is 2. The van der Waals surface area contributed by atoms with Crippen molar-refractivity contribution < 1.29 is 4.74 Å². The first-order valence-corrected chi connectivity index (χ1v) is 11.3. The first kappa shape index (κ1) is 21.0. The molecule has 7 nitrogen and oxygen atoms in total. The van der Waals surface area contributed by atoms with Crippen molar-refractivity contribution in [2.24, 2.45) is 0 Å². The number of halogens is 1. The normalized spacial score (nSPS) is 16.9. The maximum Gasteiger partial charge on any atom is 0.229 e. The van der Waals surface area contributed by atoms with Crippen molar-refractivity contribution >= 4 is 34.7 Å². The molecule has 166 valence electrons. The number of ether oxygens (including phenoxy) is 1. The average molecular weight is 451 g/mol. The fourth-order valence-corrected chi connectivity index (χ4v) is 4.20. The predicted octanol–water partition coefficient (Wildman–Crippen LogP) is 4.30. The second-order valence-electron chi connectivity index (χ2n) is 8.38. The van der Waals surface area contributed by atoms with Crippen molar-refractivity contribution in [3.05, 3.63) is 64.8 Å². The van der Waals surface area contributed by atoms with Crippen molar-refractivity contribution in [2.75, 3.05) is 50.5 Å². The standard InChI is InChI=1S/C24H27ClN6O/c1-30-6-8-31(9-7-30)16-18-11-17-5-10-32-21-4-2-3-19(14-21)27-23-22(25)15-26-24(29-23)28-20(12-17)13-18/h2-4,11-15H,5-10,16H2,1H3,(H2,26,27,28,29). The first-order valence-electron chi connectivity index (χ1n) is 10.9. The fourth-order valence-electron chi connectivity index (χ4n) is 4.07. The summed E-state index contributed by atoms with van der Waals surface area (Å²) in [5.74, 6) is 1.86. The van der Waals surface area contributed by atoms with Crippen LogP contribution in [-0.4, -0.2) is 59.6 Å². The Balaban J connectivity index is 1.46. The smallest absolute Gasteiger partial charge is 0.229 e. The molecule has 2 aromatic carbocycles. The van der Waals surface area contributed by atoms with E-state index in [0.29, 0.717) is 23.4 Å². The molecule has 0 atom stereocenters. The number of hydrogen-bond donors (Lipinski definition) is 2. The molecule has 2 aliphatic heterocycles. The summed E-state index contributed by atoms with van der Waals surface area (Å²) in [6, 6.07) is 14.4. The molecule has 0 aliphatic carbocycles. The highest BCUT2D eigenvalue weighted by molar-refractivity contribution is 6.32. The molecule has 6 bridgehead atoms. The minimum atomic E-state index is 0.457. The number of benzene rings is 2. The molecule has 0 saturated carbocycles. The number of fused-ring (bicyclic) bond motifs is 6. The van der Waals surface area contributed by atoms with Crippen LogP contribution in [-0.2, 0) is 13.0 Å². The van der Waals surface area contributed by atoms with E-state index in [2.05, 4.69) is 55.6 Å². The van der Waals surface area contributed by atoms with Gasteiger partial charge in [0.2, 0.25) is 5.95 Å². The zero-order valence-corrected chi connectivity index (χ0v) is 18.9. The van der Waals surface area contributed by atoms with E-state index in [1.165, 1.54) is 11.1 Å². The molecule has 5 rings (SSSR count). The Morgan fingerprint density at radius 2 is 1.91 bits per heavy atom. The van der Waals surface area contributed by atoms with Gasteiger partial charge >= 0.3 is 0 Å². The second-order valence-corrected chi connectivity index (χ2v) is 8.79. The summed E-state index contributed by atoms with van der Waals surface area (Å²) in [7, 11) is 2.18. The van der Waals surface area contributed by atoms with E-state index in [4.69, 9.17) is 16.3 Å². The Labute approximate surface area is 193 Å². The summed E-state index contributed by atoms with van der Waals surface area (Å²) in [6.07, 6.45) is 2.43. The third kappa shape index (κ3) is 5.12. The molecule has 3 heterocycles. The Hall–Kier alpha value is -2.87. The van der Waals surface area contributed by atoms with Gasteiger partial charge in [-0.3, -0.25) is 4.90 Å². The van der Waals surface area contributed by atoms with Crippen LogP contribution >= 0.6 is 11.6 Å². The van der Waals surface area contributed by atoms with Crippen molar-refractivity contribution in [3.8, 4) is 5.75 Å². The maximum absolute atomic E-state index is 6.35. The van der Waals surface area contributed by atoms with Crippen LogP contribution < -0.4 is 15.4 Å². The van der Waals surface area contributed by atoms with Crippen LogP contribution in [0.1, 0.15) is 11.1 Å². The molecule has 0 radical (unpaired) electrons. The molecule has 1 saturated heterocycles. The van der Waals surface area contributed by atoms with Gasteiger partial charge in [0.25, 0.3) is 0 Å². The third-order valence-electron chi connectivity index (χ3n) is 5.81. The number of nitrogens with zero attached hydrogens (tertiary/aromatic N) is 4. The maximum atomic E-state index is 6.35. The van der Waals surface area contributed by atoms with Gasteiger partial charge in [-0.1, -0.05) is 23.7 Å². The van der Waals surface area contributed by atoms with Crippen LogP contribution in [0.25, 0.3) is 0 Å². The molecule has 32 heavy (non-hydrogen) atoms. The lowest BCUT2D eigenvalue weighted by atomic mass is 10.1. The summed E-state index contributed by atoms with van der Waals surface area (Å²) < 4.78 is 6.03. The molecule has 1 aromatic heterocycles. The molecular formula is C24H27ClN6O. The van der Waals surface area contributed by atoms with Crippen molar-refractivity contribution in [1.29, 1.82) is 0 Å². The minimum absolute atomic E-state index is 0.457. The van der Waals surface area contributed by atoms with E-state index in [0.717, 1.165) is 56.3 Å². The molecule has 2 aliphatic rings. The SMILES string of the molecule is CN1CCN(Cc2cc3cc(c2)Nc2ncc(Cl)c(n2)Nc2cccc(c2)OCC3)CC1. The van der Waals surface area contributed by atoms with Gasteiger partial charge in [0.05, 0.1) is 12.8 Å². The highest BCUT2D eigenvalue weighted by atomic mass is 35.5. The van der Waals surface area contributed by atoms with E-state index < -0.39 is 0 Å². The topological polar surface area (TPSA) is 65.5 Å². The minimum Gasteiger partial charge on any atom is -0.493 e. The third-order valence-corrected chi connectivity index (χ3v) is 6.09. The Morgan fingerprint density at radius 3 is 2.78 bits per heavy atom. The number of likely N-dealkylation sites (N-methyl/N-ethyl adjacent to an activating group) is 1. The number of anilines is 4. The van der Waals surface area contributed by atoms with Crippen LogP contribution in [0.3, 0.4) is 0 Å². The average Bonchev–Trinajstić information content (AvgIpc) is 2.77. The second kappa shape index (κ2) is 9.32. The van der Waals surface area contributed by atoms with E-state index >= 15 is 0 Å². The first-order chi connectivity index (χ1) is 15.6. The summed E-state index contributed by atoms with van der Waals surface area (Å²) in [4.78, 5) is 13.9. The molecule has 0 unspecified atom stereocenters. The summed E-state index contributed by atoms with van der Waals surface area (Å²) >= 11 is 6.35. The van der Waals surface area contributed by atoms with E-state index in [9.17, 15) is 0 Å². The molecule has 1 fully saturated rings. The van der Waals surface area contributed by atoms with Gasteiger partial charge in [0.1, 0.15) is 10.8 Å². The lowest BCUT2D eigenvalue weighted by Gasteiger charge is -2.32. The monoisotopic (exact) mass is 450 g/mol. The lowest BCUT2D eigenvalue weighted by Crippen LogP contribution is -2.43. The summed E-state index contributed by atoms with van der Waals surface area (Å²) in [6.45, 7) is 5.89. The van der Waals surface area contributed by atoms with Crippen LogP contribution in [0.5, 0.6) is 5.75 Å². The zero-order valence-electron chi connectivity index (χ0n) is 18.1. The molecular weight excluding hydrogens is 424 g/mol.